The van der Waals surface area contributed by atoms with Gasteiger partial charge in [-0.1, -0.05) is 27.4 Å². The van der Waals surface area contributed by atoms with Crippen LogP contribution < -0.4 is 10.2 Å². The standard InChI is InChI=1S/C10H9ClN6O2S3/c1-3(2-18)12-6-4-7(15-10(19)20-4)14-9(13-6)21-8-5(11)22-17-16-8/h3,18H,2H2,1H3,(H2,12,13,14,15,19)/t3-/m1/s1. The largest absolute Gasteiger partial charge is 0.394 e. The molecule has 0 fully saturated rings. The molecule has 0 aliphatic rings. The number of nitrogens with zero attached hydrogens (tertiary/aromatic N) is 4. The van der Waals surface area contributed by atoms with Crippen molar-refractivity contribution in [2.75, 3.05) is 11.9 Å². The minimum atomic E-state index is -0.223. The van der Waals surface area contributed by atoms with Gasteiger partial charge in [0.2, 0.25) is 0 Å². The van der Waals surface area contributed by atoms with E-state index in [1.54, 1.807) is 6.92 Å². The van der Waals surface area contributed by atoms with E-state index >= 15 is 0 Å². The molecule has 0 saturated heterocycles. The number of hydrogen-bond donors (Lipinski definition) is 3. The number of aromatic nitrogens is 5. The Morgan fingerprint density at radius 3 is 3.00 bits per heavy atom. The first-order chi connectivity index (χ1) is 10.6. The van der Waals surface area contributed by atoms with Gasteiger partial charge in [0.15, 0.2) is 21.6 Å². The summed E-state index contributed by atoms with van der Waals surface area (Å²) in [5, 5.41) is 17.0. The highest BCUT2D eigenvalue weighted by atomic mass is 35.5. The molecule has 0 aromatic carbocycles. The van der Waals surface area contributed by atoms with Gasteiger partial charge in [0.05, 0.1) is 6.61 Å². The van der Waals surface area contributed by atoms with Crippen molar-refractivity contribution in [1.29, 1.82) is 0 Å². The van der Waals surface area contributed by atoms with Crippen molar-refractivity contribution in [2.24, 2.45) is 0 Å². The maximum Gasteiger partial charge on any atom is 0.306 e. The second kappa shape index (κ2) is 6.46. The second-order valence-electron chi connectivity index (χ2n) is 4.23. The molecule has 3 rings (SSSR count). The fraction of sp³-hybridized carbons (Fsp3) is 0.300. The Labute approximate surface area is 141 Å². The molecule has 3 aromatic rings. The molecule has 0 bridgehead atoms. The average Bonchev–Trinajstić information content (AvgIpc) is 3.04. The molecule has 0 unspecified atom stereocenters. The number of aliphatic hydroxyl groups is 1. The van der Waals surface area contributed by atoms with Gasteiger partial charge in [-0.05, 0) is 18.7 Å². The highest BCUT2D eigenvalue weighted by molar-refractivity contribution is 7.99. The Morgan fingerprint density at radius 1 is 1.50 bits per heavy atom. The van der Waals surface area contributed by atoms with Crippen molar-refractivity contribution in [3.63, 3.8) is 0 Å². The summed E-state index contributed by atoms with van der Waals surface area (Å²) < 4.78 is 4.81. The van der Waals surface area contributed by atoms with Gasteiger partial charge in [-0.3, -0.25) is 9.78 Å². The monoisotopic (exact) mass is 376 g/mol. The number of aromatic amines is 1. The number of halogens is 1. The summed E-state index contributed by atoms with van der Waals surface area (Å²) >= 11 is 9.21. The predicted molar refractivity (Wildman–Crippen MR) is 87.2 cm³/mol. The smallest absolute Gasteiger partial charge is 0.306 e. The first kappa shape index (κ1) is 15.6. The van der Waals surface area contributed by atoms with E-state index in [0.717, 1.165) is 34.6 Å². The maximum atomic E-state index is 11.5. The van der Waals surface area contributed by atoms with E-state index in [1.165, 1.54) is 0 Å². The van der Waals surface area contributed by atoms with Gasteiger partial charge in [-0.2, -0.15) is 0 Å². The Morgan fingerprint density at radius 2 is 2.32 bits per heavy atom. The molecule has 22 heavy (non-hydrogen) atoms. The lowest BCUT2D eigenvalue weighted by Gasteiger charge is -2.12. The minimum absolute atomic E-state index is 0.0604. The molecule has 0 saturated carbocycles. The molecule has 3 heterocycles. The van der Waals surface area contributed by atoms with Gasteiger partial charge in [-0.15, -0.1) is 5.10 Å². The van der Waals surface area contributed by atoms with E-state index in [4.69, 9.17) is 11.6 Å². The molecule has 0 radical (unpaired) electrons. The van der Waals surface area contributed by atoms with Gasteiger partial charge in [0, 0.05) is 17.6 Å². The fourth-order valence-electron chi connectivity index (χ4n) is 1.57. The third-order valence-electron chi connectivity index (χ3n) is 2.53. The lowest BCUT2D eigenvalue weighted by Crippen LogP contribution is -2.20. The van der Waals surface area contributed by atoms with Gasteiger partial charge in [0.25, 0.3) is 0 Å². The predicted octanol–water partition coefficient (Wildman–Crippen LogP) is 1.83. The molecular formula is C10H9ClN6O2S3. The Bertz CT molecular complexity index is 862. The zero-order valence-electron chi connectivity index (χ0n) is 11.0. The molecule has 0 aliphatic carbocycles. The quantitative estimate of drug-likeness (QED) is 0.577. The number of fused-ring (bicyclic) bond motifs is 1. The van der Waals surface area contributed by atoms with Crippen molar-refractivity contribution in [1.82, 2.24) is 24.5 Å². The zero-order valence-corrected chi connectivity index (χ0v) is 14.2. The van der Waals surface area contributed by atoms with Gasteiger partial charge >= 0.3 is 4.87 Å². The van der Waals surface area contributed by atoms with Crippen LogP contribution in [0.4, 0.5) is 5.82 Å². The molecule has 0 aliphatic heterocycles. The van der Waals surface area contributed by atoms with Crippen LogP contribution in [0.3, 0.4) is 0 Å². The first-order valence-electron chi connectivity index (χ1n) is 6.00. The van der Waals surface area contributed by atoms with Crippen LogP contribution in [0.2, 0.25) is 4.34 Å². The molecule has 116 valence electrons. The number of thiazole rings is 1. The molecule has 0 spiro atoms. The number of aliphatic hydroxyl groups excluding tert-OH is 1. The molecule has 3 N–H and O–H groups in total. The van der Waals surface area contributed by atoms with Crippen molar-refractivity contribution in [3.05, 3.63) is 14.0 Å². The van der Waals surface area contributed by atoms with Gasteiger partial charge < -0.3 is 10.4 Å². The highest BCUT2D eigenvalue weighted by Crippen LogP contribution is 2.33. The lowest BCUT2D eigenvalue weighted by atomic mass is 10.3. The van der Waals surface area contributed by atoms with E-state index in [1.807, 2.05) is 0 Å². The SMILES string of the molecule is C[C@H](CO)Nc1nc(Sc2nnsc2Cl)nc2[nH]c(=O)sc12. The van der Waals surface area contributed by atoms with E-state index in [-0.39, 0.29) is 17.5 Å². The van der Waals surface area contributed by atoms with Crippen molar-refractivity contribution in [2.45, 2.75) is 23.1 Å². The summed E-state index contributed by atoms with van der Waals surface area (Å²) in [5.41, 5.74) is 0.430. The third kappa shape index (κ3) is 3.22. The number of anilines is 1. The van der Waals surface area contributed by atoms with Gasteiger partial charge in [0.1, 0.15) is 9.04 Å². The summed E-state index contributed by atoms with van der Waals surface area (Å²) in [5.74, 6) is 0.483. The minimum Gasteiger partial charge on any atom is -0.394 e. The second-order valence-corrected chi connectivity index (χ2v) is 7.52. The maximum absolute atomic E-state index is 11.5. The van der Waals surface area contributed by atoms with Crippen LogP contribution >= 0.6 is 46.2 Å². The Balaban J connectivity index is 2.03. The van der Waals surface area contributed by atoms with Crippen LogP contribution in [0, 0.1) is 0 Å². The molecule has 8 nitrogen and oxygen atoms in total. The number of hydrogen-bond acceptors (Lipinski definition) is 10. The van der Waals surface area contributed by atoms with Gasteiger partial charge in [-0.25, -0.2) is 9.97 Å². The lowest BCUT2D eigenvalue weighted by molar-refractivity contribution is 0.281. The first-order valence-corrected chi connectivity index (χ1v) is 8.79. The third-order valence-corrected chi connectivity index (χ3v) is 5.39. The van der Waals surface area contributed by atoms with Crippen molar-refractivity contribution < 1.29 is 5.11 Å². The van der Waals surface area contributed by atoms with E-state index in [0.29, 0.717) is 30.7 Å². The summed E-state index contributed by atoms with van der Waals surface area (Å²) in [7, 11) is 0. The summed E-state index contributed by atoms with van der Waals surface area (Å²) in [6, 6.07) is -0.210. The fourth-order valence-corrected chi connectivity index (χ4v) is 3.75. The van der Waals surface area contributed by atoms with Crippen LogP contribution in [0.1, 0.15) is 6.92 Å². The topological polar surface area (TPSA) is 117 Å². The average molecular weight is 377 g/mol. The van der Waals surface area contributed by atoms with E-state index < -0.39 is 0 Å². The Kier molecular flexibility index (Phi) is 4.59. The highest BCUT2D eigenvalue weighted by Gasteiger charge is 2.16. The number of nitrogens with one attached hydrogen (secondary N) is 2. The van der Waals surface area contributed by atoms with Crippen LogP contribution in [0.25, 0.3) is 10.3 Å². The van der Waals surface area contributed by atoms with Crippen LogP contribution in [-0.4, -0.2) is 42.3 Å². The number of H-pyrrole nitrogens is 1. The molecule has 3 aromatic heterocycles. The molecule has 1 atom stereocenters. The molecule has 12 heteroatoms. The van der Waals surface area contributed by atoms with Crippen molar-refractivity contribution >= 4 is 62.4 Å². The van der Waals surface area contributed by atoms with Crippen LogP contribution in [0.5, 0.6) is 0 Å². The zero-order chi connectivity index (χ0) is 15.7. The van der Waals surface area contributed by atoms with Crippen LogP contribution in [0.15, 0.2) is 15.0 Å². The summed E-state index contributed by atoms with van der Waals surface area (Å²) in [6.07, 6.45) is 0. The normalized spacial score (nSPS) is 12.7. The summed E-state index contributed by atoms with van der Waals surface area (Å²) in [6.45, 7) is 1.74. The Hall–Kier alpha value is -1.27. The van der Waals surface area contributed by atoms with Crippen molar-refractivity contribution in [3.8, 4) is 0 Å². The summed E-state index contributed by atoms with van der Waals surface area (Å²) in [4.78, 5) is 22.6. The molecular weight excluding hydrogens is 368 g/mol. The molecule has 0 amide bonds. The van der Waals surface area contributed by atoms with E-state index in [9.17, 15) is 9.90 Å². The number of rotatable bonds is 5. The van der Waals surface area contributed by atoms with Crippen LogP contribution in [-0.2, 0) is 0 Å². The van der Waals surface area contributed by atoms with E-state index in [2.05, 4.69) is 29.9 Å².